The molecule has 0 saturated heterocycles. The number of hydrogen-bond donors (Lipinski definition) is 0. The molecular weight excluding hydrogens is 124 g/mol. The van der Waals surface area contributed by atoms with Crippen molar-refractivity contribution in [2.45, 2.75) is 20.8 Å². The van der Waals surface area contributed by atoms with E-state index in [2.05, 4.69) is 11.7 Å². The molecule has 0 unspecified atom stereocenters. The van der Waals surface area contributed by atoms with Crippen LogP contribution in [0.15, 0.2) is 17.8 Å². The first-order valence-electron chi connectivity index (χ1n) is 3.51. The minimum Gasteiger partial charge on any atom is -0.303 e. The van der Waals surface area contributed by atoms with Crippen molar-refractivity contribution in [2.24, 2.45) is 5.10 Å². The SMILES string of the molecule is C=C/C(C)=N\N(C)C.CC. The van der Waals surface area contributed by atoms with E-state index in [1.807, 2.05) is 34.9 Å². The molecule has 0 aromatic heterocycles. The second kappa shape index (κ2) is 8.21. The molecule has 0 aliphatic rings. The Kier molecular flexibility index (Phi) is 9.80. The van der Waals surface area contributed by atoms with Gasteiger partial charge in [-0.2, -0.15) is 5.10 Å². The van der Waals surface area contributed by atoms with Crippen molar-refractivity contribution < 1.29 is 0 Å². The molecule has 0 radical (unpaired) electrons. The van der Waals surface area contributed by atoms with Gasteiger partial charge in [0.15, 0.2) is 0 Å². The zero-order valence-electron chi connectivity index (χ0n) is 7.68. The number of rotatable bonds is 2. The van der Waals surface area contributed by atoms with Crippen molar-refractivity contribution >= 4 is 5.71 Å². The van der Waals surface area contributed by atoms with Crippen LogP contribution in [0, 0.1) is 0 Å². The largest absolute Gasteiger partial charge is 0.303 e. The summed E-state index contributed by atoms with van der Waals surface area (Å²) in [6.07, 6.45) is 1.72. The molecular formula is C8H18N2. The quantitative estimate of drug-likeness (QED) is 0.426. The van der Waals surface area contributed by atoms with Crippen LogP contribution in [0.1, 0.15) is 20.8 Å². The Morgan fingerprint density at radius 1 is 1.40 bits per heavy atom. The molecule has 0 aliphatic carbocycles. The lowest BCUT2D eigenvalue weighted by Gasteiger charge is -2.02. The molecule has 0 aromatic carbocycles. The molecule has 0 fully saturated rings. The van der Waals surface area contributed by atoms with Crippen molar-refractivity contribution in [2.75, 3.05) is 14.1 Å². The molecule has 2 nitrogen and oxygen atoms in total. The fraction of sp³-hybridized carbons (Fsp3) is 0.625. The monoisotopic (exact) mass is 142 g/mol. The first kappa shape index (κ1) is 11.9. The first-order chi connectivity index (χ1) is 4.66. The van der Waals surface area contributed by atoms with Gasteiger partial charge >= 0.3 is 0 Å². The van der Waals surface area contributed by atoms with E-state index >= 15 is 0 Å². The van der Waals surface area contributed by atoms with Crippen LogP contribution in [0.5, 0.6) is 0 Å². The van der Waals surface area contributed by atoms with Gasteiger partial charge in [0.25, 0.3) is 0 Å². The van der Waals surface area contributed by atoms with Crippen LogP contribution in [0.4, 0.5) is 0 Å². The molecule has 0 aromatic rings. The zero-order chi connectivity index (χ0) is 8.57. The normalized spacial score (nSPS) is 9.50. The molecule has 0 heterocycles. The summed E-state index contributed by atoms with van der Waals surface area (Å²) in [6.45, 7) is 9.47. The van der Waals surface area contributed by atoms with E-state index in [9.17, 15) is 0 Å². The number of allylic oxidation sites excluding steroid dienone is 1. The smallest absolute Gasteiger partial charge is 0.0568 e. The topological polar surface area (TPSA) is 15.6 Å². The van der Waals surface area contributed by atoms with E-state index in [1.165, 1.54) is 0 Å². The Hall–Kier alpha value is -0.790. The summed E-state index contributed by atoms with van der Waals surface area (Å²) in [4.78, 5) is 0. The zero-order valence-corrected chi connectivity index (χ0v) is 7.68. The molecule has 0 saturated carbocycles. The van der Waals surface area contributed by atoms with Crippen molar-refractivity contribution in [3.63, 3.8) is 0 Å². The van der Waals surface area contributed by atoms with Gasteiger partial charge in [-0.3, -0.25) is 0 Å². The molecule has 0 amide bonds. The van der Waals surface area contributed by atoms with Crippen molar-refractivity contribution in [1.82, 2.24) is 5.01 Å². The van der Waals surface area contributed by atoms with Crippen LogP contribution in [0.3, 0.4) is 0 Å². The molecule has 0 aliphatic heterocycles. The van der Waals surface area contributed by atoms with Gasteiger partial charge in [0.2, 0.25) is 0 Å². The maximum Gasteiger partial charge on any atom is 0.0568 e. The Labute approximate surface area is 64.2 Å². The molecule has 0 N–H and O–H groups in total. The van der Waals surface area contributed by atoms with E-state index in [1.54, 1.807) is 11.1 Å². The summed E-state index contributed by atoms with van der Waals surface area (Å²) in [7, 11) is 3.76. The van der Waals surface area contributed by atoms with Crippen LogP contribution in [-0.2, 0) is 0 Å². The van der Waals surface area contributed by atoms with Gasteiger partial charge in [-0.1, -0.05) is 20.4 Å². The fourth-order valence-corrected chi connectivity index (χ4v) is 0.356. The van der Waals surface area contributed by atoms with E-state index in [0.29, 0.717) is 0 Å². The lowest BCUT2D eigenvalue weighted by molar-refractivity contribution is 0.438. The minimum atomic E-state index is 0.940. The van der Waals surface area contributed by atoms with Gasteiger partial charge in [0.05, 0.1) is 5.71 Å². The Morgan fingerprint density at radius 3 is 1.90 bits per heavy atom. The van der Waals surface area contributed by atoms with Crippen LogP contribution in [0.25, 0.3) is 0 Å². The third kappa shape index (κ3) is 10.2. The highest BCUT2D eigenvalue weighted by molar-refractivity contribution is 5.91. The summed E-state index contributed by atoms with van der Waals surface area (Å²) < 4.78 is 0. The van der Waals surface area contributed by atoms with E-state index in [4.69, 9.17) is 0 Å². The minimum absolute atomic E-state index is 0.940. The molecule has 2 heteroatoms. The predicted octanol–water partition coefficient (Wildman–Crippen LogP) is 2.14. The standard InChI is InChI=1S/C6H12N2.C2H6/c1-5-6(2)7-8(3)4;1-2/h5H,1H2,2-4H3;1-2H3/b7-6-;. The summed E-state index contributed by atoms with van der Waals surface area (Å²) >= 11 is 0. The number of hydrazone groups is 1. The summed E-state index contributed by atoms with van der Waals surface area (Å²) in [5, 5.41) is 5.77. The number of nitrogens with zero attached hydrogens (tertiary/aromatic N) is 2. The highest BCUT2D eigenvalue weighted by atomic mass is 15.4. The molecule has 10 heavy (non-hydrogen) atoms. The first-order valence-corrected chi connectivity index (χ1v) is 3.51. The number of hydrogen-bond acceptors (Lipinski definition) is 2. The highest BCUT2D eigenvalue weighted by Crippen LogP contribution is 1.80. The van der Waals surface area contributed by atoms with E-state index in [-0.39, 0.29) is 0 Å². The van der Waals surface area contributed by atoms with Crippen molar-refractivity contribution in [3.05, 3.63) is 12.7 Å². The highest BCUT2D eigenvalue weighted by Gasteiger charge is 1.79. The average Bonchev–Trinajstić information content (AvgIpc) is 1.91. The van der Waals surface area contributed by atoms with E-state index < -0.39 is 0 Å². The van der Waals surface area contributed by atoms with Gasteiger partial charge < -0.3 is 5.01 Å². The third-order valence-electron chi connectivity index (χ3n) is 0.653. The second-order valence-electron chi connectivity index (χ2n) is 1.79. The molecule has 60 valence electrons. The maximum absolute atomic E-state index is 4.03. The fourth-order valence-electron chi connectivity index (χ4n) is 0.356. The second-order valence-corrected chi connectivity index (χ2v) is 1.79. The summed E-state index contributed by atoms with van der Waals surface area (Å²) in [5.74, 6) is 0. The maximum atomic E-state index is 4.03. The molecule has 0 spiro atoms. The summed E-state index contributed by atoms with van der Waals surface area (Å²) in [5.41, 5.74) is 0.940. The average molecular weight is 142 g/mol. The predicted molar refractivity (Wildman–Crippen MR) is 48.3 cm³/mol. The van der Waals surface area contributed by atoms with Gasteiger partial charge in [0.1, 0.15) is 0 Å². The van der Waals surface area contributed by atoms with Gasteiger partial charge in [-0.05, 0) is 13.0 Å². The Bertz CT molecular complexity index is 104. The molecule has 0 rings (SSSR count). The summed E-state index contributed by atoms with van der Waals surface area (Å²) in [6, 6.07) is 0. The lowest BCUT2D eigenvalue weighted by Crippen LogP contribution is -2.04. The van der Waals surface area contributed by atoms with Gasteiger partial charge in [-0.15, -0.1) is 0 Å². The van der Waals surface area contributed by atoms with Crippen molar-refractivity contribution in [3.8, 4) is 0 Å². The van der Waals surface area contributed by atoms with E-state index in [0.717, 1.165) is 5.71 Å². The lowest BCUT2D eigenvalue weighted by atomic mass is 10.4. The van der Waals surface area contributed by atoms with Crippen LogP contribution in [0.2, 0.25) is 0 Å². The van der Waals surface area contributed by atoms with Gasteiger partial charge in [0, 0.05) is 14.1 Å². The van der Waals surface area contributed by atoms with Crippen molar-refractivity contribution in [1.29, 1.82) is 0 Å². The Morgan fingerprint density at radius 2 is 1.80 bits per heavy atom. The van der Waals surface area contributed by atoms with Crippen LogP contribution in [-0.4, -0.2) is 24.8 Å². The Balaban J connectivity index is 0. The molecule has 0 atom stereocenters. The van der Waals surface area contributed by atoms with Crippen LogP contribution < -0.4 is 0 Å². The molecule has 0 bridgehead atoms. The van der Waals surface area contributed by atoms with Gasteiger partial charge in [-0.25, -0.2) is 0 Å². The third-order valence-corrected chi connectivity index (χ3v) is 0.653. The van der Waals surface area contributed by atoms with Crippen LogP contribution >= 0.6 is 0 Å².